The third-order valence-corrected chi connectivity index (χ3v) is 8.04. The molecule has 1 aliphatic heterocycles. The first kappa shape index (κ1) is 24.4. The molecule has 0 radical (unpaired) electrons. The normalized spacial score (nSPS) is 17.4. The number of ether oxygens (including phenoxy) is 1. The number of hydrogen-bond donors (Lipinski definition) is 3. The highest BCUT2D eigenvalue weighted by Gasteiger charge is 2.36. The molecule has 36 heavy (non-hydrogen) atoms. The van der Waals surface area contributed by atoms with Gasteiger partial charge in [0.1, 0.15) is 22.5 Å². The Kier molecular flexibility index (Phi) is 6.33. The first-order valence-electron chi connectivity index (χ1n) is 11.1. The number of aromatic nitrogens is 2. The van der Waals surface area contributed by atoms with E-state index in [4.69, 9.17) is 20.8 Å². The lowest BCUT2D eigenvalue weighted by Crippen LogP contribution is -2.33. The van der Waals surface area contributed by atoms with Crippen molar-refractivity contribution in [2.45, 2.75) is 36.3 Å². The van der Waals surface area contributed by atoms with Gasteiger partial charge < -0.3 is 14.3 Å². The number of aliphatic hydroxyl groups excluding tert-OH is 1. The van der Waals surface area contributed by atoms with E-state index in [1.807, 2.05) is 6.07 Å². The van der Waals surface area contributed by atoms with E-state index < -0.39 is 39.7 Å². The smallest absolute Gasteiger partial charge is 0.434 e. The summed E-state index contributed by atoms with van der Waals surface area (Å²) in [6, 6.07) is 11.3. The van der Waals surface area contributed by atoms with Crippen LogP contribution in [-0.4, -0.2) is 30.3 Å². The Bertz CT molecular complexity index is 1620. The van der Waals surface area contributed by atoms with E-state index in [2.05, 4.69) is 14.9 Å². The summed E-state index contributed by atoms with van der Waals surface area (Å²) in [5.74, 6) is -2.66. The fourth-order valence-corrected chi connectivity index (χ4v) is 6.21. The molecule has 9 nitrogen and oxygen atoms in total. The lowest BCUT2D eigenvalue weighted by molar-refractivity contribution is 0.113. The predicted molar refractivity (Wildman–Crippen MR) is 129 cm³/mol. The van der Waals surface area contributed by atoms with Crippen molar-refractivity contribution in [2.24, 2.45) is 0 Å². The van der Waals surface area contributed by atoms with Crippen molar-refractivity contribution < 1.29 is 27.1 Å². The van der Waals surface area contributed by atoms with Gasteiger partial charge in [-0.15, -0.1) is 5.10 Å². The van der Waals surface area contributed by atoms with Crippen molar-refractivity contribution in [2.75, 3.05) is 6.61 Å². The van der Waals surface area contributed by atoms with E-state index in [0.717, 1.165) is 5.39 Å². The van der Waals surface area contributed by atoms with Gasteiger partial charge in [-0.05, 0) is 29.0 Å². The number of halogens is 2. The van der Waals surface area contributed by atoms with Gasteiger partial charge in [0.2, 0.25) is 15.9 Å². The van der Waals surface area contributed by atoms with Crippen LogP contribution in [0.4, 0.5) is 4.39 Å². The Morgan fingerprint density at radius 1 is 1.22 bits per heavy atom. The van der Waals surface area contributed by atoms with Crippen molar-refractivity contribution in [1.29, 1.82) is 0 Å². The molecule has 12 heteroatoms. The van der Waals surface area contributed by atoms with Crippen molar-refractivity contribution in [3.05, 3.63) is 86.9 Å². The average molecular weight is 534 g/mol. The monoisotopic (exact) mass is 533 g/mol. The van der Waals surface area contributed by atoms with Crippen LogP contribution >= 0.6 is 11.6 Å². The van der Waals surface area contributed by atoms with Crippen LogP contribution in [0.5, 0.6) is 5.75 Å². The fourth-order valence-electron chi connectivity index (χ4n) is 4.51. The van der Waals surface area contributed by atoms with Gasteiger partial charge in [0.05, 0.1) is 17.7 Å². The second kappa shape index (κ2) is 9.32. The zero-order valence-electron chi connectivity index (χ0n) is 18.9. The summed E-state index contributed by atoms with van der Waals surface area (Å²) in [7, 11) is -4.38. The molecule has 0 saturated carbocycles. The fraction of sp³-hybridized carbons (Fsp3) is 0.250. The molecule has 0 aliphatic carbocycles. The van der Waals surface area contributed by atoms with E-state index in [9.17, 15) is 18.3 Å². The zero-order valence-corrected chi connectivity index (χ0v) is 20.4. The molecule has 1 aromatic heterocycles. The summed E-state index contributed by atoms with van der Waals surface area (Å²) in [5.41, 5.74) is 0.387. The minimum Gasteiger partial charge on any atom is -0.492 e. The van der Waals surface area contributed by atoms with Gasteiger partial charge in [0, 0.05) is 23.5 Å². The van der Waals surface area contributed by atoms with Gasteiger partial charge in [0.15, 0.2) is 0 Å². The largest absolute Gasteiger partial charge is 0.492 e. The number of sulfonamides is 1. The minimum absolute atomic E-state index is 0.0695. The molecule has 3 atom stereocenters. The van der Waals surface area contributed by atoms with Crippen LogP contribution in [0.2, 0.25) is 5.02 Å². The molecule has 3 N–H and O–H groups in total. The number of H-pyrrole nitrogens is 1. The number of rotatable bonds is 6. The van der Waals surface area contributed by atoms with Crippen LogP contribution in [-0.2, 0) is 10.0 Å². The Hall–Kier alpha value is -3.25. The number of benzene rings is 3. The summed E-state index contributed by atoms with van der Waals surface area (Å²) >= 11 is 6.21. The maximum atomic E-state index is 15.2. The molecule has 2 heterocycles. The van der Waals surface area contributed by atoms with Gasteiger partial charge in [-0.3, -0.25) is 0 Å². The van der Waals surface area contributed by atoms with Gasteiger partial charge in [-0.1, -0.05) is 48.9 Å². The number of hydrogen-bond acceptors (Lipinski definition) is 7. The Morgan fingerprint density at radius 2 is 2.00 bits per heavy atom. The van der Waals surface area contributed by atoms with Crippen molar-refractivity contribution in [1.82, 2.24) is 14.9 Å². The van der Waals surface area contributed by atoms with E-state index in [0.29, 0.717) is 5.39 Å². The SMILES string of the molecule is C[C@H](c1c(F)ccc2ccccc12)[C@H](NS(=O)(=O)c1ccc(Cl)c2c1OCCC2O)c1n[nH]c(=O)o1. The van der Waals surface area contributed by atoms with Gasteiger partial charge >= 0.3 is 5.76 Å². The molecular weight excluding hydrogens is 513 g/mol. The average Bonchev–Trinajstić information content (AvgIpc) is 3.28. The van der Waals surface area contributed by atoms with E-state index >= 15 is 4.39 Å². The molecule has 3 aromatic carbocycles. The van der Waals surface area contributed by atoms with Crippen LogP contribution in [0.1, 0.15) is 48.4 Å². The topological polar surface area (TPSA) is 135 Å². The standard InChI is InChI=1S/C24H21ClFN3O6S/c1-12(19-14-5-3-2-4-13(14)6-8-16(19)26)21(23-27-28-24(31)35-23)29-36(32,33)18-9-7-15(25)20-17(30)10-11-34-22(18)20/h2-9,12,17,21,29-30H,10-11H2,1H3,(H,28,31)/t12-,17?,21+/m1/s1. The molecule has 0 spiro atoms. The van der Waals surface area contributed by atoms with E-state index in [-0.39, 0.29) is 45.7 Å². The van der Waals surface area contributed by atoms with Gasteiger partial charge in [-0.2, -0.15) is 4.72 Å². The summed E-state index contributed by atoms with van der Waals surface area (Å²) in [6.07, 6.45) is -0.748. The molecule has 188 valence electrons. The molecular formula is C24H21ClFN3O6S. The van der Waals surface area contributed by atoms with Crippen LogP contribution in [0, 0.1) is 5.82 Å². The van der Waals surface area contributed by atoms with Gasteiger partial charge in [-0.25, -0.2) is 22.7 Å². The van der Waals surface area contributed by atoms with E-state index in [1.54, 1.807) is 31.2 Å². The van der Waals surface area contributed by atoms with Crippen LogP contribution in [0.15, 0.2) is 62.6 Å². The molecule has 1 unspecified atom stereocenters. The third-order valence-electron chi connectivity index (χ3n) is 6.24. The summed E-state index contributed by atoms with van der Waals surface area (Å²) in [6.45, 7) is 1.69. The number of nitrogens with one attached hydrogen (secondary N) is 2. The molecule has 1 aliphatic rings. The lowest BCUT2D eigenvalue weighted by Gasteiger charge is -2.27. The highest BCUT2D eigenvalue weighted by atomic mass is 35.5. The first-order chi connectivity index (χ1) is 17.2. The molecule has 5 rings (SSSR count). The summed E-state index contributed by atoms with van der Waals surface area (Å²) in [5, 5.41) is 17.8. The molecule has 0 amide bonds. The van der Waals surface area contributed by atoms with Crippen LogP contribution in [0.3, 0.4) is 0 Å². The second-order valence-corrected chi connectivity index (χ2v) is 10.6. The van der Waals surface area contributed by atoms with Crippen molar-refractivity contribution in [3.63, 3.8) is 0 Å². The highest BCUT2D eigenvalue weighted by molar-refractivity contribution is 7.89. The number of aromatic amines is 1. The van der Waals surface area contributed by atoms with Gasteiger partial charge in [0.25, 0.3) is 0 Å². The highest BCUT2D eigenvalue weighted by Crippen LogP contribution is 2.43. The third kappa shape index (κ3) is 4.28. The number of nitrogens with zero attached hydrogens (tertiary/aromatic N) is 1. The minimum atomic E-state index is -4.38. The first-order valence-corrected chi connectivity index (χ1v) is 12.9. The zero-order chi connectivity index (χ0) is 25.6. The van der Waals surface area contributed by atoms with Crippen molar-refractivity contribution in [3.8, 4) is 5.75 Å². The quantitative estimate of drug-likeness (QED) is 0.341. The van der Waals surface area contributed by atoms with Crippen molar-refractivity contribution >= 4 is 32.4 Å². The Balaban J connectivity index is 1.63. The number of fused-ring (bicyclic) bond motifs is 2. The molecule has 0 bridgehead atoms. The number of aliphatic hydroxyl groups is 1. The molecule has 0 saturated heterocycles. The Labute approximate surface area is 209 Å². The second-order valence-electron chi connectivity index (χ2n) is 8.46. The summed E-state index contributed by atoms with van der Waals surface area (Å²) < 4.78 is 55.6. The Morgan fingerprint density at radius 3 is 2.75 bits per heavy atom. The van der Waals surface area contributed by atoms with E-state index in [1.165, 1.54) is 18.2 Å². The maximum absolute atomic E-state index is 15.2. The van der Waals surface area contributed by atoms with Crippen LogP contribution in [0.25, 0.3) is 10.8 Å². The predicted octanol–water partition coefficient (Wildman–Crippen LogP) is 3.95. The molecule has 4 aromatic rings. The lowest BCUT2D eigenvalue weighted by atomic mass is 9.89. The molecule has 0 fully saturated rings. The van der Waals surface area contributed by atoms with Crippen LogP contribution < -0.4 is 15.2 Å². The summed E-state index contributed by atoms with van der Waals surface area (Å²) in [4.78, 5) is 11.5. The maximum Gasteiger partial charge on any atom is 0.434 e.